The van der Waals surface area contributed by atoms with Gasteiger partial charge in [0, 0.05) is 37.3 Å². The lowest BCUT2D eigenvalue weighted by Crippen LogP contribution is -2.39. The molecule has 2 aromatic rings. The fourth-order valence-electron chi connectivity index (χ4n) is 5.06. The van der Waals surface area contributed by atoms with Crippen LogP contribution in [0.1, 0.15) is 30.5 Å². The van der Waals surface area contributed by atoms with Crippen LogP contribution in [0.2, 0.25) is 0 Å². The maximum absolute atomic E-state index is 13.4. The summed E-state index contributed by atoms with van der Waals surface area (Å²) < 4.78 is 22.5. The van der Waals surface area contributed by atoms with E-state index in [1.165, 1.54) is 0 Å². The molecule has 2 aromatic carbocycles. The summed E-state index contributed by atoms with van der Waals surface area (Å²) in [4.78, 5) is 30.6. The molecule has 2 saturated heterocycles. The van der Waals surface area contributed by atoms with Crippen LogP contribution in [-0.4, -0.2) is 85.8 Å². The maximum Gasteiger partial charge on any atom is 0.295 e. The lowest BCUT2D eigenvalue weighted by atomic mass is 9.94. The fourth-order valence-corrected chi connectivity index (χ4v) is 5.06. The van der Waals surface area contributed by atoms with Crippen LogP contribution < -0.4 is 14.2 Å². The largest absolute Gasteiger partial charge is 0.507 e. The number of benzene rings is 2. The Balaban J connectivity index is 1.52. The number of carbonyl (C=O) groups excluding carboxylic acids is 2. The van der Waals surface area contributed by atoms with E-state index < -0.39 is 17.7 Å². The van der Waals surface area contributed by atoms with Crippen molar-refractivity contribution in [1.82, 2.24) is 9.80 Å². The predicted molar refractivity (Wildman–Crippen MR) is 136 cm³/mol. The van der Waals surface area contributed by atoms with Gasteiger partial charge in [0.2, 0.25) is 0 Å². The molecule has 1 atom stereocenters. The highest BCUT2D eigenvalue weighted by Gasteiger charge is 2.47. The summed E-state index contributed by atoms with van der Waals surface area (Å²) in [7, 11) is 0. The van der Waals surface area contributed by atoms with Gasteiger partial charge in [-0.15, -0.1) is 0 Å². The number of fused-ring (bicyclic) bond motifs is 1. The first-order chi connectivity index (χ1) is 18.1. The highest BCUT2D eigenvalue weighted by Crippen LogP contribution is 2.43. The summed E-state index contributed by atoms with van der Waals surface area (Å²) in [6.45, 7) is 7.39. The van der Waals surface area contributed by atoms with Crippen molar-refractivity contribution in [3.63, 3.8) is 0 Å². The minimum Gasteiger partial charge on any atom is -0.507 e. The number of Topliss-reactive ketones (excluding diaryl/α,β-unsaturated/α-hetero) is 1. The number of carbonyl (C=O) groups is 2. The molecule has 3 aliphatic rings. The summed E-state index contributed by atoms with van der Waals surface area (Å²) in [6.07, 6.45) is 0.685. The summed E-state index contributed by atoms with van der Waals surface area (Å²) >= 11 is 0. The van der Waals surface area contributed by atoms with Gasteiger partial charge in [0.15, 0.2) is 11.5 Å². The number of ether oxygens (including phenoxy) is 4. The molecule has 5 rings (SSSR count). The SMILES string of the molecule is CCOc1ccccc1C1/C(=C(\O)c2ccc3c(c2)OCCO3)C(=O)C(=O)N1CCCN1CCOCC1. The van der Waals surface area contributed by atoms with E-state index in [0.717, 1.165) is 19.6 Å². The fraction of sp³-hybridized carbons (Fsp3) is 0.429. The molecule has 196 valence electrons. The zero-order valence-corrected chi connectivity index (χ0v) is 21.0. The molecule has 3 heterocycles. The molecule has 0 radical (unpaired) electrons. The van der Waals surface area contributed by atoms with E-state index >= 15 is 0 Å². The first-order valence-electron chi connectivity index (χ1n) is 12.8. The zero-order chi connectivity index (χ0) is 25.8. The molecule has 3 aliphatic heterocycles. The minimum atomic E-state index is -0.777. The van der Waals surface area contributed by atoms with Gasteiger partial charge in [0.25, 0.3) is 11.7 Å². The van der Waals surface area contributed by atoms with Crippen LogP contribution in [0.3, 0.4) is 0 Å². The second-order valence-corrected chi connectivity index (χ2v) is 9.13. The minimum absolute atomic E-state index is 0.0419. The molecule has 0 aromatic heterocycles. The highest BCUT2D eigenvalue weighted by atomic mass is 16.6. The molecular weight excluding hydrogens is 476 g/mol. The molecule has 9 heteroatoms. The first kappa shape index (κ1) is 25.1. The van der Waals surface area contributed by atoms with Crippen molar-refractivity contribution in [2.45, 2.75) is 19.4 Å². The topological polar surface area (TPSA) is 97.8 Å². The van der Waals surface area contributed by atoms with Crippen LogP contribution >= 0.6 is 0 Å². The number of hydrogen-bond acceptors (Lipinski definition) is 8. The molecule has 1 N–H and O–H groups in total. The number of hydrogen-bond donors (Lipinski definition) is 1. The van der Waals surface area contributed by atoms with Gasteiger partial charge < -0.3 is 29.0 Å². The molecular formula is C28H32N2O7. The third-order valence-electron chi connectivity index (χ3n) is 6.85. The van der Waals surface area contributed by atoms with E-state index in [2.05, 4.69) is 4.90 Å². The van der Waals surface area contributed by atoms with Gasteiger partial charge in [-0.2, -0.15) is 0 Å². The molecule has 0 spiro atoms. The van der Waals surface area contributed by atoms with Crippen molar-refractivity contribution in [3.8, 4) is 17.2 Å². The molecule has 0 bridgehead atoms. The van der Waals surface area contributed by atoms with E-state index in [4.69, 9.17) is 18.9 Å². The Labute approximate surface area is 216 Å². The number of ketones is 1. The number of nitrogens with zero attached hydrogens (tertiary/aromatic N) is 2. The van der Waals surface area contributed by atoms with Crippen molar-refractivity contribution in [2.75, 3.05) is 59.2 Å². The number of aliphatic hydroxyl groups excluding tert-OH is 1. The van der Waals surface area contributed by atoms with Crippen LogP contribution in [0.4, 0.5) is 0 Å². The van der Waals surface area contributed by atoms with Gasteiger partial charge in [-0.25, -0.2) is 0 Å². The van der Waals surface area contributed by atoms with E-state index in [0.29, 0.717) is 74.4 Å². The van der Waals surface area contributed by atoms with Gasteiger partial charge in [0.05, 0.1) is 31.4 Å². The number of para-hydroxylation sites is 1. The molecule has 1 unspecified atom stereocenters. The smallest absolute Gasteiger partial charge is 0.295 e. The molecule has 9 nitrogen and oxygen atoms in total. The summed E-state index contributed by atoms with van der Waals surface area (Å²) in [5, 5.41) is 11.4. The number of likely N-dealkylation sites (tertiary alicyclic amines) is 1. The Bertz CT molecular complexity index is 1190. The summed E-state index contributed by atoms with van der Waals surface area (Å²) in [5.74, 6) is 0.0452. The predicted octanol–water partition coefficient (Wildman–Crippen LogP) is 3.00. The van der Waals surface area contributed by atoms with Crippen LogP contribution in [0, 0.1) is 0 Å². The standard InChI is InChI=1S/C28H32N2O7/c1-2-35-21-7-4-3-6-20(21)25-24(26(31)19-8-9-22-23(18-19)37-17-16-36-22)27(32)28(33)30(25)11-5-10-29-12-14-34-15-13-29/h3-4,6-9,18,25,31H,2,5,10-17H2,1H3/b26-24+. The Morgan fingerprint density at radius 2 is 1.76 bits per heavy atom. The molecule has 0 aliphatic carbocycles. The Morgan fingerprint density at radius 1 is 1.00 bits per heavy atom. The van der Waals surface area contributed by atoms with E-state index in [1.807, 2.05) is 31.2 Å². The normalized spacial score (nSPS) is 21.3. The van der Waals surface area contributed by atoms with Crippen LogP contribution in [0.5, 0.6) is 17.2 Å². The summed E-state index contributed by atoms with van der Waals surface area (Å²) in [6, 6.07) is 11.6. The third kappa shape index (κ3) is 5.14. The lowest BCUT2D eigenvalue weighted by molar-refractivity contribution is -0.140. The molecule has 2 fully saturated rings. The Morgan fingerprint density at radius 3 is 2.54 bits per heavy atom. The van der Waals surface area contributed by atoms with Crippen molar-refractivity contribution >= 4 is 17.4 Å². The number of amides is 1. The van der Waals surface area contributed by atoms with Gasteiger partial charge >= 0.3 is 0 Å². The molecule has 1 amide bonds. The maximum atomic E-state index is 13.4. The second-order valence-electron chi connectivity index (χ2n) is 9.13. The molecule has 0 saturated carbocycles. The van der Waals surface area contributed by atoms with Gasteiger partial charge in [-0.05, 0) is 37.6 Å². The van der Waals surface area contributed by atoms with Crippen molar-refractivity contribution in [1.29, 1.82) is 0 Å². The van der Waals surface area contributed by atoms with Crippen LogP contribution in [-0.2, 0) is 14.3 Å². The zero-order valence-electron chi connectivity index (χ0n) is 21.0. The van der Waals surface area contributed by atoms with Crippen LogP contribution in [0.15, 0.2) is 48.0 Å². The van der Waals surface area contributed by atoms with Gasteiger partial charge in [-0.3, -0.25) is 14.5 Å². The Hall–Kier alpha value is -3.56. The van der Waals surface area contributed by atoms with Crippen LogP contribution in [0.25, 0.3) is 5.76 Å². The Kier molecular flexibility index (Phi) is 7.62. The number of morpholine rings is 1. The average molecular weight is 509 g/mol. The number of aliphatic hydroxyl groups is 1. The average Bonchev–Trinajstić information content (AvgIpc) is 3.18. The van der Waals surface area contributed by atoms with E-state index in [-0.39, 0.29) is 11.3 Å². The number of rotatable bonds is 8. The van der Waals surface area contributed by atoms with Gasteiger partial charge in [-0.1, -0.05) is 18.2 Å². The monoisotopic (exact) mass is 508 g/mol. The van der Waals surface area contributed by atoms with Crippen molar-refractivity contribution in [3.05, 3.63) is 59.2 Å². The molecule has 37 heavy (non-hydrogen) atoms. The third-order valence-corrected chi connectivity index (χ3v) is 6.85. The summed E-state index contributed by atoms with van der Waals surface area (Å²) in [5.41, 5.74) is 1.09. The van der Waals surface area contributed by atoms with Crippen molar-refractivity contribution < 1.29 is 33.6 Å². The van der Waals surface area contributed by atoms with Gasteiger partial charge in [0.1, 0.15) is 24.7 Å². The first-order valence-corrected chi connectivity index (χ1v) is 12.8. The van der Waals surface area contributed by atoms with E-state index in [1.54, 1.807) is 23.1 Å². The van der Waals surface area contributed by atoms with Crippen molar-refractivity contribution in [2.24, 2.45) is 0 Å². The highest BCUT2D eigenvalue weighted by molar-refractivity contribution is 6.46. The lowest BCUT2D eigenvalue weighted by Gasteiger charge is -2.29. The van der Waals surface area contributed by atoms with E-state index in [9.17, 15) is 14.7 Å². The second kappa shape index (κ2) is 11.2. The quantitative estimate of drug-likeness (QED) is 0.330.